The highest BCUT2D eigenvalue weighted by Crippen LogP contribution is 2.30. The summed E-state index contributed by atoms with van der Waals surface area (Å²) in [5.41, 5.74) is 4.23. The number of aryl methyl sites for hydroxylation is 2. The molecule has 3 heteroatoms. The van der Waals surface area contributed by atoms with Crippen LogP contribution in [0.2, 0.25) is 0 Å². The van der Waals surface area contributed by atoms with Gasteiger partial charge in [0, 0.05) is 0 Å². The molecule has 0 aliphatic carbocycles. The summed E-state index contributed by atoms with van der Waals surface area (Å²) in [6.45, 7) is 4.21. The summed E-state index contributed by atoms with van der Waals surface area (Å²) in [5.74, 6) is -0.477. The van der Waals surface area contributed by atoms with Gasteiger partial charge in [-0.3, -0.25) is 0 Å². The lowest BCUT2D eigenvalue weighted by Crippen LogP contribution is -1.98. The average Bonchev–Trinajstić information content (AvgIpc) is 2.64. The van der Waals surface area contributed by atoms with E-state index in [2.05, 4.69) is 19.9 Å². The number of rotatable bonds is 7. The highest BCUT2D eigenvalue weighted by atomic mass is 19.1. The Hall–Kier alpha value is -2.65. The standard InChI is InChI=1S/C22H23FN2/c1-3-5-7-17-10-9-16(14-24)11-20(17)19-12-18(8-6-4-2)21(15-25)22(23)13-19/h9-13H,3-8H2,1-2H3. The summed E-state index contributed by atoms with van der Waals surface area (Å²) >= 11 is 0. The van der Waals surface area contributed by atoms with Crippen molar-refractivity contribution in [3.63, 3.8) is 0 Å². The van der Waals surface area contributed by atoms with Gasteiger partial charge in [0.1, 0.15) is 11.9 Å². The first kappa shape index (κ1) is 18.7. The van der Waals surface area contributed by atoms with E-state index in [0.717, 1.165) is 54.4 Å². The van der Waals surface area contributed by atoms with E-state index in [4.69, 9.17) is 0 Å². The summed E-state index contributed by atoms with van der Waals surface area (Å²) in [6.07, 6.45) is 5.60. The zero-order chi connectivity index (χ0) is 18.2. The molecule has 0 fully saturated rings. The van der Waals surface area contributed by atoms with Crippen LogP contribution in [-0.2, 0) is 12.8 Å². The molecule has 0 saturated carbocycles. The summed E-state index contributed by atoms with van der Waals surface area (Å²) < 4.78 is 14.5. The van der Waals surface area contributed by atoms with Crippen LogP contribution in [0.25, 0.3) is 11.1 Å². The van der Waals surface area contributed by atoms with Crippen molar-refractivity contribution in [2.75, 3.05) is 0 Å². The van der Waals surface area contributed by atoms with Crippen LogP contribution in [0.15, 0.2) is 30.3 Å². The van der Waals surface area contributed by atoms with Gasteiger partial charge in [0.15, 0.2) is 0 Å². The zero-order valence-corrected chi connectivity index (χ0v) is 14.9. The fourth-order valence-electron chi connectivity index (χ4n) is 3.01. The van der Waals surface area contributed by atoms with E-state index >= 15 is 0 Å². The van der Waals surface area contributed by atoms with E-state index in [1.54, 1.807) is 0 Å². The van der Waals surface area contributed by atoms with Gasteiger partial charge in [-0.05, 0) is 72.2 Å². The van der Waals surface area contributed by atoms with Crippen molar-refractivity contribution in [2.45, 2.75) is 52.4 Å². The normalized spacial score (nSPS) is 10.3. The van der Waals surface area contributed by atoms with Gasteiger partial charge in [-0.2, -0.15) is 10.5 Å². The summed E-state index contributed by atoms with van der Waals surface area (Å²) in [7, 11) is 0. The SMILES string of the molecule is CCCCc1ccc(C#N)cc1-c1cc(F)c(C#N)c(CCCC)c1. The van der Waals surface area contributed by atoms with Crippen molar-refractivity contribution < 1.29 is 4.39 Å². The van der Waals surface area contributed by atoms with Gasteiger partial charge in [0.05, 0.1) is 17.2 Å². The Morgan fingerprint density at radius 2 is 1.56 bits per heavy atom. The van der Waals surface area contributed by atoms with Gasteiger partial charge in [-0.1, -0.05) is 32.8 Å². The predicted molar refractivity (Wildman–Crippen MR) is 98.5 cm³/mol. The molecule has 0 aromatic heterocycles. The van der Waals surface area contributed by atoms with Crippen molar-refractivity contribution in [3.8, 4) is 23.3 Å². The second kappa shape index (κ2) is 9.00. The molecule has 0 N–H and O–H groups in total. The van der Waals surface area contributed by atoms with Crippen LogP contribution in [0, 0.1) is 28.5 Å². The topological polar surface area (TPSA) is 47.6 Å². The number of halogens is 1. The van der Waals surface area contributed by atoms with Crippen LogP contribution < -0.4 is 0 Å². The minimum absolute atomic E-state index is 0.142. The van der Waals surface area contributed by atoms with Gasteiger partial charge < -0.3 is 0 Å². The van der Waals surface area contributed by atoms with Gasteiger partial charge >= 0.3 is 0 Å². The number of hydrogen-bond acceptors (Lipinski definition) is 2. The Morgan fingerprint density at radius 3 is 2.16 bits per heavy atom. The molecule has 2 nitrogen and oxygen atoms in total. The molecule has 0 bridgehead atoms. The first-order chi connectivity index (χ1) is 12.1. The molecule has 2 aromatic rings. The van der Waals surface area contributed by atoms with Crippen molar-refractivity contribution >= 4 is 0 Å². The number of hydrogen-bond donors (Lipinski definition) is 0. The second-order valence-corrected chi connectivity index (χ2v) is 6.29. The molecule has 128 valence electrons. The predicted octanol–water partition coefficient (Wildman–Crippen LogP) is 5.92. The molecule has 0 unspecified atom stereocenters. The van der Waals surface area contributed by atoms with Crippen LogP contribution in [0.3, 0.4) is 0 Å². The molecule has 0 saturated heterocycles. The third-order valence-electron chi connectivity index (χ3n) is 4.43. The van der Waals surface area contributed by atoms with Gasteiger partial charge in [0.2, 0.25) is 0 Å². The number of nitrogens with zero attached hydrogens (tertiary/aromatic N) is 2. The maximum absolute atomic E-state index is 14.5. The molecule has 0 aliphatic heterocycles. The third kappa shape index (κ3) is 4.46. The summed E-state index contributed by atoms with van der Waals surface area (Å²) in [4.78, 5) is 0. The Bertz CT molecular complexity index is 825. The minimum Gasteiger partial charge on any atom is -0.206 e. The Morgan fingerprint density at radius 1 is 0.880 bits per heavy atom. The maximum atomic E-state index is 14.5. The molecule has 25 heavy (non-hydrogen) atoms. The summed E-state index contributed by atoms with van der Waals surface area (Å²) in [5, 5.41) is 18.5. The lowest BCUT2D eigenvalue weighted by molar-refractivity contribution is 0.620. The van der Waals surface area contributed by atoms with E-state index in [1.807, 2.05) is 30.3 Å². The minimum atomic E-state index is -0.477. The van der Waals surface area contributed by atoms with Crippen LogP contribution in [0.5, 0.6) is 0 Å². The van der Waals surface area contributed by atoms with Gasteiger partial charge in [0.25, 0.3) is 0 Å². The molecule has 2 rings (SSSR count). The number of unbranched alkanes of at least 4 members (excludes halogenated alkanes) is 2. The summed E-state index contributed by atoms with van der Waals surface area (Å²) in [6, 6.07) is 13.1. The van der Waals surface area contributed by atoms with Crippen molar-refractivity contribution in [1.29, 1.82) is 10.5 Å². The van der Waals surface area contributed by atoms with E-state index < -0.39 is 5.82 Å². The smallest absolute Gasteiger partial charge is 0.141 e. The fourth-order valence-corrected chi connectivity index (χ4v) is 3.01. The monoisotopic (exact) mass is 334 g/mol. The number of nitriles is 2. The molecule has 0 atom stereocenters. The Kier molecular flexibility index (Phi) is 6.72. The van der Waals surface area contributed by atoms with Crippen LogP contribution in [-0.4, -0.2) is 0 Å². The van der Waals surface area contributed by atoms with Crippen molar-refractivity contribution in [2.24, 2.45) is 0 Å². The first-order valence-electron chi connectivity index (χ1n) is 8.90. The zero-order valence-electron chi connectivity index (χ0n) is 14.9. The van der Waals surface area contributed by atoms with Gasteiger partial charge in [-0.15, -0.1) is 0 Å². The van der Waals surface area contributed by atoms with Gasteiger partial charge in [-0.25, -0.2) is 4.39 Å². The largest absolute Gasteiger partial charge is 0.206 e. The Labute approximate surface area is 149 Å². The Balaban J connectivity index is 2.58. The van der Waals surface area contributed by atoms with E-state index in [0.29, 0.717) is 12.0 Å². The quantitative estimate of drug-likeness (QED) is 0.631. The number of benzene rings is 2. The molecule has 0 heterocycles. The van der Waals surface area contributed by atoms with E-state index in [1.165, 1.54) is 6.07 Å². The molecule has 0 spiro atoms. The maximum Gasteiger partial charge on any atom is 0.141 e. The molecular formula is C22H23FN2. The van der Waals surface area contributed by atoms with Crippen LogP contribution in [0.1, 0.15) is 61.8 Å². The molecular weight excluding hydrogens is 311 g/mol. The molecule has 0 aliphatic rings. The van der Waals surface area contributed by atoms with Crippen molar-refractivity contribution in [3.05, 3.63) is 58.4 Å². The highest BCUT2D eigenvalue weighted by Gasteiger charge is 2.14. The molecule has 0 radical (unpaired) electrons. The lowest BCUT2D eigenvalue weighted by Gasteiger charge is -2.13. The third-order valence-corrected chi connectivity index (χ3v) is 4.43. The molecule has 0 amide bonds. The lowest BCUT2D eigenvalue weighted by atomic mass is 9.91. The molecule has 2 aromatic carbocycles. The second-order valence-electron chi connectivity index (χ2n) is 6.29. The van der Waals surface area contributed by atoms with Crippen LogP contribution in [0.4, 0.5) is 4.39 Å². The van der Waals surface area contributed by atoms with Crippen LogP contribution >= 0.6 is 0 Å². The fraction of sp³-hybridized carbons (Fsp3) is 0.364. The van der Waals surface area contributed by atoms with Crippen molar-refractivity contribution in [1.82, 2.24) is 0 Å². The average molecular weight is 334 g/mol. The highest BCUT2D eigenvalue weighted by molar-refractivity contribution is 5.71. The van der Waals surface area contributed by atoms with E-state index in [9.17, 15) is 14.9 Å². The first-order valence-corrected chi connectivity index (χ1v) is 8.90. The van der Waals surface area contributed by atoms with E-state index in [-0.39, 0.29) is 5.56 Å².